The second-order valence-electron chi connectivity index (χ2n) is 6.60. The zero-order valence-electron chi connectivity index (χ0n) is 15.4. The van der Waals surface area contributed by atoms with E-state index in [9.17, 15) is 4.39 Å². The Bertz CT molecular complexity index is 1040. The number of benzene rings is 1. The standard InChI is InChI=1S/C19H18FN5O2S/c1-12(2)10-25-18(15-4-3-9-26-15)22-23-19(25)28-11-16-21-17(24-27-16)13-5-7-14(20)8-6-13/h3-9,12H,10-11H2,1-2H3. The SMILES string of the molecule is CC(C)Cn1c(SCc2nc(-c3ccc(F)cc3)no2)nnc1-c1ccco1. The summed E-state index contributed by atoms with van der Waals surface area (Å²) in [6.45, 7) is 5.02. The number of thioether (sulfide) groups is 1. The molecule has 1 aromatic carbocycles. The molecule has 144 valence electrons. The smallest absolute Gasteiger partial charge is 0.237 e. The van der Waals surface area contributed by atoms with E-state index in [1.54, 1.807) is 18.4 Å². The zero-order valence-corrected chi connectivity index (χ0v) is 16.2. The Morgan fingerprint density at radius 2 is 1.96 bits per heavy atom. The molecular weight excluding hydrogens is 381 g/mol. The molecule has 7 nitrogen and oxygen atoms in total. The summed E-state index contributed by atoms with van der Waals surface area (Å²) in [6.07, 6.45) is 1.62. The van der Waals surface area contributed by atoms with Crippen LogP contribution in [0.3, 0.4) is 0 Å². The van der Waals surface area contributed by atoms with Gasteiger partial charge < -0.3 is 8.94 Å². The van der Waals surface area contributed by atoms with Crippen molar-refractivity contribution in [2.75, 3.05) is 0 Å². The molecule has 0 aliphatic heterocycles. The molecule has 0 atom stereocenters. The molecule has 0 bridgehead atoms. The zero-order chi connectivity index (χ0) is 19.5. The van der Waals surface area contributed by atoms with Crippen molar-refractivity contribution < 1.29 is 13.3 Å². The predicted molar refractivity (Wildman–Crippen MR) is 102 cm³/mol. The number of hydrogen-bond donors (Lipinski definition) is 0. The molecule has 0 N–H and O–H groups in total. The van der Waals surface area contributed by atoms with Gasteiger partial charge in [-0.05, 0) is 42.3 Å². The maximum absolute atomic E-state index is 13.1. The van der Waals surface area contributed by atoms with Crippen LogP contribution < -0.4 is 0 Å². The normalized spacial score (nSPS) is 11.4. The van der Waals surface area contributed by atoms with Crippen LogP contribution in [0.2, 0.25) is 0 Å². The minimum absolute atomic E-state index is 0.306. The molecule has 0 fully saturated rings. The van der Waals surface area contributed by atoms with Gasteiger partial charge in [0.05, 0.1) is 12.0 Å². The summed E-state index contributed by atoms with van der Waals surface area (Å²) in [7, 11) is 0. The third kappa shape index (κ3) is 3.99. The van der Waals surface area contributed by atoms with Crippen molar-refractivity contribution in [3.63, 3.8) is 0 Å². The summed E-state index contributed by atoms with van der Waals surface area (Å²) in [5.74, 6) is 2.81. The van der Waals surface area contributed by atoms with Crippen molar-refractivity contribution in [2.45, 2.75) is 31.3 Å². The Morgan fingerprint density at radius 3 is 2.68 bits per heavy atom. The van der Waals surface area contributed by atoms with E-state index in [-0.39, 0.29) is 5.82 Å². The maximum atomic E-state index is 13.1. The highest BCUT2D eigenvalue weighted by Crippen LogP contribution is 2.28. The summed E-state index contributed by atoms with van der Waals surface area (Å²) < 4.78 is 25.9. The van der Waals surface area contributed by atoms with Crippen molar-refractivity contribution in [1.82, 2.24) is 24.9 Å². The van der Waals surface area contributed by atoms with Crippen LogP contribution in [-0.4, -0.2) is 24.9 Å². The molecular formula is C19H18FN5O2S. The molecule has 0 amide bonds. The number of halogens is 1. The number of aromatic nitrogens is 5. The average molecular weight is 399 g/mol. The molecule has 9 heteroatoms. The molecule has 4 aromatic rings. The molecule has 4 rings (SSSR count). The van der Waals surface area contributed by atoms with Gasteiger partial charge in [-0.3, -0.25) is 4.57 Å². The largest absolute Gasteiger partial charge is 0.461 e. The second-order valence-corrected chi connectivity index (χ2v) is 7.54. The molecule has 0 saturated carbocycles. The molecule has 0 unspecified atom stereocenters. The quantitative estimate of drug-likeness (QED) is 0.417. The lowest BCUT2D eigenvalue weighted by Gasteiger charge is -2.10. The average Bonchev–Trinajstić information content (AvgIpc) is 3.41. The summed E-state index contributed by atoms with van der Waals surface area (Å²) in [5.41, 5.74) is 0.699. The van der Waals surface area contributed by atoms with Crippen LogP contribution in [0, 0.1) is 11.7 Å². The highest BCUT2D eigenvalue weighted by Gasteiger charge is 2.18. The second kappa shape index (κ2) is 7.97. The highest BCUT2D eigenvalue weighted by atomic mass is 32.2. The molecule has 0 radical (unpaired) electrons. The number of nitrogens with zero attached hydrogens (tertiary/aromatic N) is 5. The van der Waals surface area contributed by atoms with Gasteiger partial charge >= 0.3 is 0 Å². The summed E-state index contributed by atoms with van der Waals surface area (Å²) in [6, 6.07) is 9.65. The Kier molecular flexibility index (Phi) is 5.25. The van der Waals surface area contributed by atoms with Gasteiger partial charge in [0.1, 0.15) is 5.82 Å². The fourth-order valence-electron chi connectivity index (χ4n) is 2.67. The van der Waals surface area contributed by atoms with E-state index in [2.05, 4.69) is 34.2 Å². The molecule has 0 aliphatic carbocycles. The van der Waals surface area contributed by atoms with Gasteiger partial charge in [0.15, 0.2) is 16.7 Å². The minimum Gasteiger partial charge on any atom is -0.461 e. The molecule has 28 heavy (non-hydrogen) atoms. The maximum Gasteiger partial charge on any atom is 0.237 e. The summed E-state index contributed by atoms with van der Waals surface area (Å²) in [5, 5.41) is 13.3. The van der Waals surface area contributed by atoms with Crippen molar-refractivity contribution in [3.05, 3.63) is 54.4 Å². The van der Waals surface area contributed by atoms with Crippen LogP contribution in [0.15, 0.2) is 56.8 Å². The van der Waals surface area contributed by atoms with Crippen molar-refractivity contribution >= 4 is 11.8 Å². The molecule has 3 heterocycles. The molecule has 0 spiro atoms. The van der Waals surface area contributed by atoms with Crippen LogP contribution in [0.5, 0.6) is 0 Å². The Hall–Kier alpha value is -2.94. The van der Waals surface area contributed by atoms with E-state index in [1.165, 1.54) is 23.9 Å². The van der Waals surface area contributed by atoms with E-state index in [1.807, 2.05) is 16.7 Å². The predicted octanol–water partition coefficient (Wildman–Crippen LogP) is 4.68. The van der Waals surface area contributed by atoms with Gasteiger partial charge in [-0.2, -0.15) is 4.98 Å². The Morgan fingerprint density at radius 1 is 1.14 bits per heavy atom. The first kappa shape index (κ1) is 18.4. The van der Waals surface area contributed by atoms with E-state index < -0.39 is 0 Å². The van der Waals surface area contributed by atoms with Gasteiger partial charge in [-0.15, -0.1) is 10.2 Å². The van der Waals surface area contributed by atoms with E-state index in [4.69, 9.17) is 8.94 Å². The number of hydrogen-bond acceptors (Lipinski definition) is 7. The van der Waals surface area contributed by atoms with Crippen LogP contribution in [-0.2, 0) is 12.3 Å². The van der Waals surface area contributed by atoms with Crippen LogP contribution in [0.25, 0.3) is 23.0 Å². The van der Waals surface area contributed by atoms with E-state index >= 15 is 0 Å². The molecule has 3 aromatic heterocycles. The van der Waals surface area contributed by atoms with Crippen LogP contribution >= 0.6 is 11.8 Å². The number of rotatable bonds is 7. The number of furan rings is 1. The first-order valence-electron chi connectivity index (χ1n) is 8.78. The monoisotopic (exact) mass is 399 g/mol. The van der Waals surface area contributed by atoms with Gasteiger partial charge in [0.2, 0.25) is 11.7 Å². The van der Waals surface area contributed by atoms with Crippen LogP contribution in [0.1, 0.15) is 19.7 Å². The molecule has 0 saturated heterocycles. The fraction of sp³-hybridized carbons (Fsp3) is 0.263. The fourth-order valence-corrected chi connectivity index (χ4v) is 3.45. The minimum atomic E-state index is -0.306. The summed E-state index contributed by atoms with van der Waals surface area (Å²) in [4.78, 5) is 4.38. The van der Waals surface area contributed by atoms with Gasteiger partial charge in [0, 0.05) is 12.1 Å². The Balaban J connectivity index is 1.51. The van der Waals surface area contributed by atoms with Gasteiger partial charge in [-0.1, -0.05) is 30.8 Å². The van der Waals surface area contributed by atoms with Crippen molar-refractivity contribution in [1.29, 1.82) is 0 Å². The highest BCUT2D eigenvalue weighted by molar-refractivity contribution is 7.98. The van der Waals surface area contributed by atoms with Crippen LogP contribution in [0.4, 0.5) is 4.39 Å². The van der Waals surface area contributed by atoms with Gasteiger partial charge in [0.25, 0.3) is 0 Å². The first-order chi connectivity index (χ1) is 13.6. The van der Waals surface area contributed by atoms with E-state index in [0.717, 1.165) is 11.7 Å². The van der Waals surface area contributed by atoms with E-state index in [0.29, 0.717) is 40.5 Å². The summed E-state index contributed by atoms with van der Waals surface area (Å²) >= 11 is 1.46. The van der Waals surface area contributed by atoms with Gasteiger partial charge in [-0.25, -0.2) is 4.39 Å². The van der Waals surface area contributed by atoms with Crippen molar-refractivity contribution in [2.24, 2.45) is 5.92 Å². The first-order valence-corrected chi connectivity index (χ1v) is 9.77. The molecule has 0 aliphatic rings. The third-order valence-electron chi connectivity index (χ3n) is 3.90. The third-order valence-corrected chi connectivity index (χ3v) is 4.85. The topological polar surface area (TPSA) is 82.8 Å². The Labute approximate surface area is 165 Å². The lowest BCUT2D eigenvalue weighted by Crippen LogP contribution is -2.07. The lowest BCUT2D eigenvalue weighted by molar-refractivity contribution is 0.391. The van der Waals surface area contributed by atoms with Crippen molar-refractivity contribution in [3.8, 4) is 23.0 Å². The lowest BCUT2D eigenvalue weighted by atomic mass is 10.2.